The molecule has 29 heavy (non-hydrogen) atoms. The lowest BCUT2D eigenvalue weighted by molar-refractivity contribution is 0.284. The van der Waals surface area contributed by atoms with Crippen molar-refractivity contribution in [2.45, 2.75) is 32.4 Å². The van der Waals surface area contributed by atoms with E-state index >= 15 is 0 Å². The predicted molar refractivity (Wildman–Crippen MR) is 120 cm³/mol. The molecule has 3 aromatic rings. The van der Waals surface area contributed by atoms with Crippen LogP contribution < -0.4 is 15.0 Å². The van der Waals surface area contributed by atoms with Gasteiger partial charge in [-0.3, -0.25) is 0 Å². The van der Waals surface area contributed by atoms with E-state index in [4.69, 9.17) is 19.1 Å². The molecule has 0 atom stereocenters. The maximum Gasteiger partial charge on any atom is 0.707 e. The normalized spacial score (nSPS) is 11.9. The van der Waals surface area contributed by atoms with Gasteiger partial charge in [0.2, 0.25) is 0 Å². The molecule has 6 heteroatoms. The van der Waals surface area contributed by atoms with E-state index in [2.05, 4.69) is 69.3 Å². The van der Waals surface area contributed by atoms with E-state index in [1.807, 2.05) is 24.3 Å². The lowest BCUT2D eigenvalue weighted by Crippen LogP contribution is -2.66. The van der Waals surface area contributed by atoms with Crippen LogP contribution in [0.3, 0.4) is 0 Å². The van der Waals surface area contributed by atoms with Gasteiger partial charge in [-0.15, -0.1) is 0 Å². The lowest BCUT2D eigenvalue weighted by Gasteiger charge is -2.43. The third kappa shape index (κ3) is 4.79. The Morgan fingerprint density at radius 3 is 1.66 bits per heavy atom. The van der Waals surface area contributed by atoms with Crippen LogP contribution in [-0.2, 0) is 11.0 Å². The van der Waals surface area contributed by atoms with Gasteiger partial charge in [-0.25, -0.2) is 0 Å². The molecule has 0 aromatic heterocycles. The van der Waals surface area contributed by atoms with Crippen LogP contribution in [-0.4, -0.2) is 25.7 Å². The Morgan fingerprint density at radius 2 is 1.24 bits per heavy atom. The summed E-state index contributed by atoms with van der Waals surface area (Å²) in [7, 11) is -4.41. The van der Waals surface area contributed by atoms with Gasteiger partial charge in [0.25, 0.3) is 8.32 Å². The smallest absolute Gasteiger partial charge is 0.512 e. The number of hydrogen-bond acceptors (Lipinski definition) is 4. The fourth-order valence-electron chi connectivity index (χ4n) is 3.74. The highest BCUT2D eigenvalue weighted by molar-refractivity contribution is 6.99. The van der Waals surface area contributed by atoms with Crippen LogP contribution >= 0.6 is 0 Å². The molecule has 4 nitrogen and oxygen atoms in total. The second kappa shape index (κ2) is 8.97. The summed E-state index contributed by atoms with van der Waals surface area (Å²) in [5.74, 6) is 0.397. The van der Waals surface area contributed by atoms with Crippen LogP contribution in [0.5, 0.6) is 5.75 Å². The minimum absolute atomic E-state index is 0.0836. The Labute approximate surface area is 174 Å². The van der Waals surface area contributed by atoms with Crippen molar-refractivity contribution >= 4 is 26.0 Å². The lowest BCUT2D eigenvalue weighted by atomic mass is 10.2. The van der Waals surface area contributed by atoms with Gasteiger partial charge in [-0.1, -0.05) is 93.6 Å². The highest BCUT2D eigenvalue weighted by Crippen LogP contribution is 2.37. The number of hydrogen-bond donors (Lipinski definition) is 2. The van der Waals surface area contributed by atoms with Crippen molar-refractivity contribution in [1.29, 1.82) is 0 Å². The van der Waals surface area contributed by atoms with Crippen LogP contribution in [0.15, 0.2) is 84.9 Å². The van der Waals surface area contributed by atoms with Crippen molar-refractivity contribution in [2.75, 3.05) is 0 Å². The van der Waals surface area contributed by atoms with Crippen molar-refractivity contribution in [3.05, 3.63) is 90.5 Å². The Balaban J connectivity index is 1.98. The highest BCUT2D eigenvalue weighted by Gasteiger charge is 2.50. The van der Waals surface area contributed by atoms with E-state index in [0.717, 1.165) is 5.56 Å². The minimum Gasteiger partial charge on any atom is -0.512 e. The Bertz CT molecular complexity index is 854. The van der Waals surface area contributed by atoms with Gasteiger partial charge in [-0.05, 0) is 33.1 Å². The minimum atomic E-state index is -2.58. The molecule has 150 valence electrons. The number of benzene rings is 3. The van der Waals surface area contributed by atoms with Crippen molar-refractivity contribution in [2.24, 2.45) is 0 Å². The summed E-state index contributed by atoms with van der Waals surface area (Å²) < 4.78 is 11.8. The van der Waals surface area contributed by atoms with Gasteiger partial charge >= 0.3 is 7.32 Å². The molecule has 0 aliphatic heterocycles. The molecular weight excluding hydrogens is 379 g/mol. The molecule has 0 amide bonds. The van der Waals surface area contributed by atoms with Gasteiger partial charge in [-0.2, -0.15) is 0 Å². The fourth-order valence-corrected chi connectivity index (χ4v) is 8.28. The van der Waals surface area contributed by atoms with Crippen molar-refractivity contribution in [1.82, 2.24) is 0 Å². The largest absolute Gasteiger partial charge is 0.707 e. The quantitative estimate of drug-likeness (QED) is 0.592. The first-order valence-electron chi connectivity index (χ1n) is 9.70. The molecule has 0 bridgehead atoms. The summed E-state index contributed by atoms with van der Waals surface area (Å²) in [5.41, 5.74) is 0.998. The average Bonchev–Trinajstić information content (AvgIpc) is 2.70. The molecule has 0 unspecified atom stereocenters. The summed E-state index contributed by atoms with van der Waals surface area (Å²) in [4.78, 5) is 0. The molecule has 0 heterocycles. The maximum atomic E-state index is 8.94. The molecule has 0 spiro atoms. The van der Waals surface area contributed by atoms with Crippen molar-refractivity contribution < 1.29 is 19.1 Å². The molecule has 0 saturated heterocycles. The fraction of sp³-hybridized carbons (Fsp3) is 0.217. The summed E-state index contributed by atoms with van der Waals surface area (Å²) in [6.45, 7) is 7.20. The van der Waals surface area contributed by atoms with E-state index in [-0.39, 0.29) is 5.04 Å². The molecule has 2 N–H and O–H groups in total. The zero-order valence-electron chi connectivity index (χ0n) is 17.1. The second-order valence-corrected chi connectivity index (χ2v) is 12.3. The van der Waals surface area contributed by atoms with Crippen LogP contribution in [0.2, 0.25) is 5.04 Å². The predicted octanol–water partition coefficient (Wildman–Crippen LogP) is 3.11. The Morgan fingerprint density at radius 1 is 0.759 bits per heavy atom. The van der Waals surface area contributed by atoms with Crippen LogP contribution in [0.1, 0.15) is 26.3 Å². The van der Waals surface area contributed by atoms with Crippen molar-refractivity contribution in [3.63, 3.8) is 0 Å². The third-order valence-corrected chi connectivity index (χ3v) is 10.0. The first-order chi connectivity index (χ1) is 13.8. The van der Waals surface area contributed by atoms with Gasteiger partial charge in [0.05, 0.1) is 6.61 Å². The van der Waals surface area contributed by atoms with E-state index in [1.165, 1.54) is 10.4 Å². The Hall–Kier alpha value is -2.38. The number of rotatable bonds is 7. The molecule has 0 fully saturated rings. The van der Waals surface area contributed by atoms with Crippen LogP contribution in [0.4, 0.5) is 0 Å². The van der Waals surface area contributed by atoms with E-state index in [0.29, 0.717) is 12.4 Å². The molecule has 3 rings (SSSR count). The molecule has 0 aliphatic rings. The summed E-state index contributed by atoms with van der Waals surface area (Å²) in [6.07, 6.45) is 0. The molecule has 0 aliphatic carbocycles. The SMILES string of the molecule is CC(C)(C)[Si](OCc1ccc(OB(O)O)cc1)(c1ccccc1)c1ccccc1. The van der Waals surface area contributed by atoms with E-state index in [9.17, 15) is 0 Å². The van der Waals surface area contributed by atoms with Gasteiger partial charge < -0.3 is 19.1 Å². The van der Waals surface area contributed by atoms with Gasteiger partial charge in [0.1, 0.15) is 5.75 Å². The average molecular weight is 406 g/mol. The zero-order valence-corrected chi connectivity index (χ0v) is 18.1. The van der Waals surface area contributed by atoms with Crippen LogP contribution in [0, 0.1) is 0 Å². The summed E-state index contributed by atoms with van der Waals surface area (Å²) in [5, 5.41) is 20.3. The molecular formula is C23H27BO4Si. The first-order valence-corrected chi connectivity index (χ1v) is 11.6. The van der Waals surface area contributed by atoms with Crippen LogP contribution in [0.25, 0.3) is 0 Å². The summed E-state index contributed by atoms with van der Waals surface area (Å²) in [6, 6.07) is 28.2. The molecule has 3 aromatic carbocycles. The summed E-state index contributed by atoms with van der Waals surface area (Å²) >= 11 is 0. The van der Waals surface area contributed by atoms with E-state index < -0.39 is 15.6 Å². The topological polar surface area (TPSA) is 58.9 Å². The standard InChI is InChI=1S/C23H27BO4Si/c1-23(2,3)29(21-10-6-4-7-11-21,22-12-8-5-9-13-22)27-18-19-14-16-20(17-15-19)28-24(25)26/h4-17,25-26H,18H2,1-3H3. The third-order valence-electron chi connectivity index (χ3n) is 5.04. The van der Waals surface area contributed by atoms with Gasteiger partial charge in [0.15, 0.2) is 0 Å². The second-order valence-electron chi connectivity index (χ2n) is 8.04. The van der Waals surface area contributed by atoms with E-state index in [1.54, 1.807) is 12.1 Å². The molecule has 0 radical (unpaired) electrons. The zero-order chi connectivity index (χ0) is 20.9. The van der Waals surface area contributed by atoms with Gasteiger partial charge in [0, 0.05) is 0 Å². The highest BCUT2D eigenvalue weighted by atomic mass is 28.4. The molecule has 0 saturated carbocycles. The first kappa shape index (κ1) is 21.3. The Kier molecular flexibility index (Phi) is 6.60. The van der Waals surface area contributed by atoms with Crippen molar-refractivity contribution in [3.8, 4) is 5.75 Å². The maximum absolute atomic E-state index is 8.94. The monoisotopic (exact) mass is 406 g/mol.